The first kappa shape index (κ1) is 23.7. The summed E-state index contributed by atoms with van der Waals surface area (Å²) in [5, 5.41) is 7.12. The van der Waals surface area contributed by atoms with Crippen LogP contribution in [-0.2, 0) is 20.9 Å². The molecule has 4 rings (SSSR count). The Bertz CT molecular complexity index is 918. The number of aryl methyl sites for hydroxylation is 1. The number of hydrogen-bond donors (Lipinski definition) is 1. The topological polar surface area (TPSA) is 102 Å². The molecular weight excluding hydrogens is 433 g/mol. The summed E-state index contributed by atoms with van der Waals surface area (Å²) in [5.41, 5.74) is 1.64. The van der Waals surface area contributed by atoms with Crippen molar-refractivity contribution in [3.8, 4) is 0 Å². The Morgan fingerprint density at radius 1 is 1.31 bits per heavy atom. The SMILES string of the molecule is Cc1occc1C(=O)N1CCOC2CCC1C2OCc1cccnc1.O=C(O)C(F)(F)F. The molecule has 3 unspecified atom stereocenters. The third-order valence-electron chi connectivity index (χ3n) is 5.31. The highest BCUT2D eigenvalue weighted by molar-refractivity contribution is 5.95. The van der Waals surface area contributed by atoms with Crippen LogP contribution >= 0.6 is 0 Å². The minimum Gasteiger partial charge on any atom is -0.475 e. The van der Waals surface area contributed by atoms with Gasteiger partial charge in [-0.1, -0.05) is 6.07 Å². The summed E-state index contributed by atoms with van der Waals surface area (Å²) in [6.45, 7) is 3.41. The highest BCUT2D eigenvalue weighted by Crippen LogP contribution is 2.33. The predicted octanol–water partition coefficient (Wildman–Crippen LogP) is 3.21. The summed E-state index contributed by atoms with van der Waals surface area (Å²) in [7, 11) is 0. The number of carboxylic acid groups (broad SMARTS) is 1. The largest absolute Gasteiger partial charge is 0.490 e. The van der Waals surface area contributed by atoms with Crippen LogP contribution in [0.25, 0.3) is 0 Å². The quantitative estimate of drug-likeness (QED) is 0.754. The molecule has 0 spiro atoms. The van der Waals surface area contributed by atoms with E-state index in [4.69, 9.17) is 23.8 Å². The number of nitrogens with zero attached hydrogens (tertiary/aromatic N) is 2. The first-order chi connectivity index (χ1) is 15.2. The molecule has 32 heavy (non-hydrogen) atoms. The summed E-state index contributed by atoms with van der Waals surface area (Å²) in [4.78, 5) is 27.9. The predicted molar refractivity (Wildman–Crippen MR) is 104 cm³/mol. The maximum Gasteiger partial charge on any atom is 0.490 e. The van der Waals surface area contributed by atoms with Crippen molar-refractivity contribution < 1.29 is 41.8 Å². The lowest BCUT2D eigenvalue weighted by molar-refractivity contribution is -0.192. The molecule has 3 atom stereocenters. The normalized spacial score (nSPS) is 22.6. The zero-order valence-electron chi connectivity index (χ0n) is 17.2. The van der Waals surface area contributed by atoms with E-state index in [2.05, 4.69) is 4.98 Å². The van der Waals surface area contributed by atoms with Gasteiger partial charge in [-0.2, -0.15) is 13.2 Å². The van der Waals surface area contributed by atoms with Crippen LogP contribution in [-0.4, -0.2) is 64.4 Å². The molecule has 11 heteroatoms. The molecule has 3 heterocycles. The van der Waals surface area contributed by atoms with Gasteiger partial charge >= 0.3 is 12.1 Å². The highest BCUT2D eigenvalue weighted by atomic mass is 19.4. The van der Waals surface area contributed by atoms with E-state index in [1.54, 1.807) is 24.7 Å². The van der Waals surface area contributed by atoms with E-state index in [1.807, 2.05) is 24.0 Å². The fraction of sp³-hybridized carbons (Fsp3) is 0.476. The second-order valence-corrected chi connectivity index (χ2v) is 7.38. The zero-order valence-corrected chi connectivity index (χ0v) is 17.2. The minimum absolute atomic E-state index is 0.00243. The number of furan rings is 1. The number of rotatable bonds is 4. The molecule has 1 amide bonds. The average molecular weight is 456 g/mol. The minimum atomic E-state index is -5.08. The summed E-state index contributed by atoms with van der Waals surface area (Å²) in [6, 6.07) is 5.66. The van der Waals surface area contributed by atoms with Crippen LogP contribution in [0.3, 0.4) is 0 Å². The first-order valence-electron chi connectivity index (χ1n) is 9.95. The van der Waals surface area contributed by atoms with Gasteiger partial charge in [0.1, 0.15) is 11.9 Å². The number of carbonyl (C=O) groups is 2. The van der Waals surface area contributed by atoms with Gasteiger partial charge in [0.25, 0.3) is 5.91 Å². The molecule has 8 nitrogen and oxygen atoms in total. The Morgan fingerprint density at radius 3 is 2.66 bits per heavy atom. The number of hydrogen-bond acceptors (Lipinski definition) is 6. The van der Waals surface area contributed by atoms with Crippen LogP contribution in [0.1, 0.15) is 34.5 Å². The Labute approximate surface area is 181 Å². The van der Waals surface area contributed by atoms with E-state index in [-0.39, 0.29) is 24.2 Å². The number of aliphatic carboxylic acids is 1. The van der Waals surface area contributed by atoms with Gasteiger partial charge in [0.15, 0.2) is 0 Å². The molecule has 1 saturated carbocycles. The van der Waals surface area contributed by atoms with Crippen LogP contribution in [0.15, 0.2) is 41.3 Å². The van der Waals surface area contributed by atoms with Crippen LogP contribution in [0, 0.1) is 6.92 Å². The van der Waals surface area contributed by atoms with Gasteiger partial charge in [-0.15, -0.1) is 0 Å². The maximum absolute atomic E-state index is 13.0. The fourth-order valence-corrected chi connectivity index (χ4v) is 3.80. The smallest absolute Gasteiger partial charge is 0.475 e. The van der Waals surface area contributed by atoms with Crippen molar-refractivity contribution in [2.45, 2.75) is 50.8 Å². The maximum atomic E-state index is 13.0. The van der Waals surface area contributed by atoms with Crippen molar-refractivity contribution in [2.75, 3.05) is 13.2 Å². The molecule has 2 aliphatic rings. The Balaban J connectivity index is 0.000000360. The van der Waals surface area contributed by atoms with Crippen molar-refractivity contribution in [3.05, 3.63) is 53.7 Å². The lowest BCUT2D eigenvalue weighted by Gasteiger charge is -2.31. The van der Waals surface area contributed by atoms with E-state index in [1.165, 1.54) is 0 Å². The summed E-state index contributed by atoms with van der Waals surface area (Å²) in [6.07, 6.45) is 1.77. The average Bonchev–Trinajstić information content (AvgIpc) is 3.29. The van der Waals surface area contributed by atoms with Gasteiger partial charge in [0.05, 0.1) is 37.2 Å². The number of fused-ring (bicyclic) bond motifs is 2. The summed E-state index contributed by atoms with van der Waals surface area (Å²) >= 11 is 0. The Kier molecular flexibility index (Phi) is 7.52. The first-order valence-corrected chi connectivity index (χ1v) is 9.95. The fourth-order valence-electron chi connectivity index (χ4n) is 3.80. The van der Waals surface area contributed by atoms with E-state index >= 15 is 0 Å². The van der Waals surface area contributed by atoms with E-state index in [0.717, 1.165) is 18.4 Å². The van der Waals surface area contributed by atoms with Crippen LogP contribution in [0.2, 0.25) is 0 Å². The van der Waals surface area contributed by atoms with Gasteiger partial charge in [-0.3, -0.25) is 9.78 Å². The number of ether oxygens (including phenoxy) is 2. The number of carboxylic acids is 1. The van der Waals surface area contributed by atoms with Crippen molar-refractivity contribution in [2.24, 2.45) is 0 Å². The van der Waals surface area contributed by atoms with Gasteiger partial charge in [0, 0.05) is 18.9 Å². The molecule has 1 aliphatic heterocycles. The molecule has 1 saturated heterocycles. The van der Waals surface area contributed by atoms with Crippen molar-refractivity contribution in [1.29, 1.82) is 0 Å². The second-order valence-electron chi connectivity index (χ2n) is 7.38. The molecule has 0 radical (unpaired) electrons. The van der Waals surface area contributed by atoms with E-state index in [0.29, 0.717) is 31.1 Å². The molecule has 174 valence electrons. The Morgan fingerprint density at radius 2 is 2.06 bits per heavy atom. The number of alkyl halides is 3. The number of aromatic nitrogens is 1. The molecule has 2 aromatic heterocycles. The number of pyridine rings is 1. The van der Waals surface area contributed by atoms with Crippen LogP contribution in [0.5, 0.6) is 0 Å². The molecule has 2 bridgehead atoms. The lowest BCUT2D eigenvalue weighted by Crippen LogP contribution is -2.46. The third-order valence-corrected chi connectivity index (χ3v) is 5.31. The van der Waals surface area contributed by atoms with Crippen molar-refractivity contribution in [1.82, 2.24) is 9.88 Å². The van der Waals surface area contributed by atoms with E-state index in [9.17, 15) is 18.0 Å². The van der Waals surface area contributed by atoms with Crippen LogP contribution in [0.4, 0.5) is 13.2 Å². The third kappa shape index (κ3) is 5.65. The number of amides is 1. The second kappa shape index (κ2) is 10.1. The molecule has 2 fully saturated rings. The van der Waals surface area contributed by atoms with Crippen molar-refractivity contribution >= 4 is 11.9 Å². The van der Waals surface area contributed by atoms with E-state index < -0.39 is 12.1 Å². The number of carbonyl (C=O) groups excluding carboxylic acids is 1. The molecule has 0 aromatic carbocycles. The molecule has 1 N–H and O–H groups in total. The number of halogens is 3. The monoisotopic (exact) mass is 456 g/mol. The Hall–Kier alpha value is -2.92. The van der Waals surface area contributed by atoms with Gasteiger partial charge in [-0.25, -0.2) is 4.79 Å². The zero-order chi connectivity index (χ0) is 23.3. The highest BCUT2D eigenvalue weighted by Gasteiger charge is 2.45. The van der Waals surface area contributed by atoms with Crippen LogP contribution < -0.4 is 0 Å². The molecule has 1 aliphatic carbocycles. The summed E-state index contributed by atoms with van der Waals surface area (Å²) < 4.78 is 49.2. The summed E-state index contributed by atoms with van der Waals surface area (Å²) in [5.74, 6) is -2.11. The van der Waals surface area contributed by atoms with Gasteiger partial charge in [0.2, 0.25) is 0 Å². The van der Waals surface area contributed by atoms with Gasteiger partial charge in [-0.05, 0) is 37.5 Å². The lowest BCUT2D eigenvalue weighted by atomic mass is 10.1. The van der Waals surface area contributed by atoms with Gasteiger partial charge < -0.3 is 23.9 Å². The standard InChI is InChI=1S/C19H22N2O4.C2HF3O2/c1-13-15(6-9-23-13)19(22)21-8-10-24-17-5-4-16(21)18(17)25-12-14-3-2-7-20-11-14;3-2(4,5)1(6)7/h2-3,6-7,9,11,16-18H,4-5,8,10,12H2,1H3;(H,6,7). The van der Waals surface area contributed by atoms with Crippen molar-refractivity contribution in [3.63, 3.8) is 0 Å². The molecule has 2 aromatic rings. The molecular formula is C21H23F3N2O6.